The fourth-order valence-corrected chi connectivity index (χ4v) is 3.29. The Labute approximate surface area is 114 Å². The zero-order valence-corrected chi connectivity index (χ0v) is 13.2. The summed E-state index contributed by atoms with van der Waals surface area (Å²) in [6.07, 6.45) is 8.41. The second kappa shape index (κ2) is 6.91. The molecule has 2 heteroatoms. The number of hydrogen-bond donors (Lipinski definition) is 1. The van der Waals surface area contributed by atoms with Gasteiger partial charge in [-0.05, 0) is 38.1 Å². The van der Waals surface area contributed by atoms with E-state index >= 15 is 0 Å². The van der Waals surface area contributed by atoms with Gasteiger partial charge in [0.05, 0.1) is 0 Å². The average molecular weight is 254 g/mol. The van der Waals surface area contributed by atoms with Crippen molar-refractivity contribution in [3.8, 4) is 0 Å². The van der Waals surface area contributed by atoms with Gasteiger partial charge in [0.2, 0.25) is 0 Å². The Kier molecular flexibility index (Phi) is 6.13. The molecular weight excluding hydrogens is 220 g/mol. The molecule has 0 bridgehead atoms. The molecule has 0 aromatic rings. The summed E-state index contributed by atoms with van der Waals surface area (Å²) >= 11 is 0. The van der Waals surface area contributed by atoms with E-state index < -0.39 is 0 Å². The quantitative estimate of drug-likeness (QED) is 0.776. The Morgan fingerprint density at radius 1 is 1.11 bits per heavy atom. The summed E-state index contributed by atoms with van der Waals surface area (Å²) in [5.74, 6) is 0.812. The summed E-state index contributed by atoms with van der Waals surface area (Å²) in [5.41, 5.74) is 6.42. The van der Waals surface area contributed by atoms with Crippen LogP contribution in [0.2, 0.25) is 0 Å². The average Bonchev–Trinajstić information content (AvgIpc) is 2.56. The van der Waals surface area contributed by atoms with Crippen molar-refractivity contribution in [2.75, 3.05) is 13.6 Å². The topological polar surface area (TPSA) is 29.3 Å². The smallest absolute Gasteiger partial charge is 0.0246 e. The van der Waals surface area contributed by atoms with Crippen LogP contribution in [-0.2, 0) is 0 Å². The van der Waals surface area contributed by atoms with Crippen LogP contribution in [-0.4, -0.2) is 30.6 Å². The maximum absolute atomic E-state index is 6.09. The summed E-state index contributed by atoms with van der Waals surface area (Å²) in [7, 11) is 2.28. The van der Waals surface area contributed by atoms with E-state index in [4.69, 9.17) is 5.73 Å². The molecule has 1 rings (SSSR count). The zero-order valence-electron chi connectivity index (χ0n) is 13.2. The molecule has 1 fully saturated rings. The minimum absolute atomic E-state index is 0.326. The van der Waals surface area contributed by atoms with Gasteiger partial charge in [0.1, 0.15) is 0 Å². The van der Waals surface area contributed by atoms with Crippen molar-refractivity contribution in [1.29, 1.82) is 0 Å². The van der Waals surface area contributed by atoms with Crippen LogP contribution in [0.5, 0.6) is 0 Å². The second-order valence-corrected chi connectivity index (χ2v) is 7.26. The van der Waals surface area contributed by atoms with E-state index in [1.54, 1.807) is 0 Å². The molecule has 2 atom stereocenters. The predicted octanol–water partition coefficient (Wildman–Crippen LogP) is 3.65. The van der Waals surface area contributed by atoms with Gasteiger partial charge in [-0.3, -0.25) is 4.90 Å². The third-order valence-electron chi connectivity index (χ3n) is 5.07. The fraction of sp³-hybridized carbons (Fsp3) is 1.00. The van der Waals surface area contributed by atoms with Crippen molar-refractivity contribution in [3.05, 3.63) is 0 Å². The van der Waals surface area contributed by atoms with Crippen LogP contribution in [0.25, 0.3) is 0 Å². The van der Waals surface area contributed by atoms with Crippen molar-refractivity contribution in [2.45, 2.75) is 78.3 Å². The standard InChI is InChI=1S/C16H34N2/c1-13(16(2,3)4)18(5)15(12-17)14-10-8-6-7-9-11-14/h13-15H,6-12,17H2,1-5H3. The first-order valence-electron chi connectivity index (χ1n) is 7.80. The van der Waals surface area contributed by atoms with Gasteiger partial charge in [0.25, 0.3) is 0 Å². The highest BCUT2D eigenvalue weighted by Crippen LogP contribution is 2.31. The molecule has 0 spiro atoms. The third-order valence-corrected chi connectivity index (χ3v) is 5.07. The van der Waals surface area contributed by atoms with Crippen LogP contribution in [0.15, 0.2) is 0 Å². The molecule has 2 N–H and O–H groups in total. The molecule has 0 heterocycles. The molecule has 108 valence electrons. The van der Waals surface area contributed by atoms with Crippen LogP contribution in [0, 0.1) is 11.3 Å². The Bertz CT molecular complexity index is 224. The first-order valence-corrected chi connectivity index (χ1v) is 7.80. The Hall–Kier alpha value is -0.0800. The van der Waals surface area contributed by atoms with Gasteiger partial charge in [-0.2, -0.15) is 0 Å². The summed E-state index contributed by atoms with van der Waals surface area (Å²) in [5, 5.41) is 0. The Morgan fingerprint density at radius 3 is 2.00 bits per heavy atom. The summed E-state index contributed by atoms with van der Waals surface area (Å²) in [6.45, 7) is 10.1. The highest BCUT2D eigenvalue weighted by molar-refractivity contribution is 4.87. The van der Waals surface area contributed by atoms with E-state index in [0.29, 0.717) is 17.5 Å². The lowest BCUT2D eigenvalue weighted by Crippen LogP contribution is -2.51. The fourth-order valence-electron chi connectivity index (χ4n) is 3.29. The van der Waals surface area contributed by atoms with Gasteiger partial charge in [0, 0.05) is 18.6 Å². The first kappa shape index (κ1) is 16.0. The largest absolute Gasteiger partial charge is 0.329 e. The SMILES string of the molecule is CC(N(C)C(CN)C1CCCCCC1)C(C)(C)C. The summed E-state index contributed by atoms with van der Waals surface area (Å²) in [4.78, 5) is 2.55. The molecule has 18 heavy (non-hydrogen) atoms. The lowest BCUT2D eigenvalue weighted by molar-refractivity contribution is 0.0663. The second-order valence-electron chi connectivity index (χ2n) is 7.26. The molecule has 0 aromatic heterocycles. The third kappa shape index (κ3) is 4.24. The molecule has 1 aliphatic rings. The van der Waals surface area contributed by atoms with Crippen molar-refractivity contribution in [2.24, 2.45) is 17.1 Å². The number of nitrogens with two attached hydrogens (primary N) is 1. The Balaban J connectivity index is 2.68. The number of nitrogens with zero attached hydrogens (tertiary/aromatic N) is 1. The van der Waals surface area contributed by atoms with Gasteiger partial charge in [-0.1, -0.05) is 46.5 Å². The minimum atomic E-state index is 0.326. The van der Waals surface area contributed by atoms with Crippen LogP contribution in [0.3, 0.4) is 0 Å². The van der Waals surface area contributed by atoms with Gasteiger partial charge >= 0.3 is 0 Å². The molecule has 0 saturated heterocycles. The summed E-state index contributed by atoms with van der Waals surface area (Å²) < 4.78 is 0. The zero-order chi connectivity index (χ0) is 13.8. The molecule has 0 radical (unpaired) electrons. The summed E-state index contributed by atoms with van der Waals surface area (Å²) in [6, 6.07) is 1.15. The molecule has 1 aliphatic carbocycles. The van der Waals surface area contributed by atoms with Crippen molar-refractivity contribution < 1.29 is 0 Å². The van der Waals surface area contributed by atoms with Crippen molar-refractivity contribution in [3.63, 3.8) is 0 Å². The number of hydrogen-bond acceptors (Lipinski definition) is 2. The predicted molar refractivity (Wildman–Crippen MR) is 80.7 cm³/mol. The monoisotopic (exact) mass is 254 g/mol. The minimum Gasteiger partial charge on any atom is -0.329 e. The van der Waals surface area contributed by atoms with Crippen molar-refractivity contribution in [1.82, 2.24) is 4.90 Å². The van der Waals surface area contributed by atoms with Gasteiger partial charge in [-0.15, -0.1) is 0 Å². The molecule has 0 amide bonds. The maximum atomic E-state index is 6.09. The van der Waals surface area contributed by atoms with Gasteiger partial charge in [-0.25, -0.2) is 0 Å². The lowest BCUT2D eigenvalue weighted by atomic mass is 9.83. The van der Waals surface area contributed by atoms with E-state index in [1.165, 1.54) is 38.5 Å². The lowest BCUT2D eigenvalue weighted by Gasteiger charge is -2.43. The number of rotatable bonds is 4. The van der Waals surface area contributed by atoms with E-state index in [0.717, 1.165) is 12.5 Å². The van der Waals surface area contributed by atoms with E-state index in [9.17, 15) is 0 Å². The van der Waals surface area contributed by atoms with Crippen molar-refractivity contribution >= 4 is 0 Å². The number of likely N-dealkylation sites (N-methyl/N-ethyl adjacent to an activating group) is 1. The van der Waals surface area contributed by atoms with Crippen LogP contribution < -0.4 is 5.73 Å². The van der Waals surface area contributed by atoms with Gasteiger partial charge in [0.15, 0.2) is 0 Å². The molecule has 0 aliphatic heterocycles. The van der Waals surface area contributed by atoms with Gasteiger partial charge < -0.3 is 5.73 Å². The normalized spacial score (nSPS) is 22.8. The van der Waals surface area contributed by atoms with E-state index in [1.807, 2.05) is 0 Å². The van der Waals surface area contributed by atoms with Crippen LogP contribution in [0.4, 0.5) is 0 Å². The molecule has 1 saturated carbocycles. The van der Waals surface area contributed by atoms with E-state index in [2.05, 4.69) is 39.6 Å². The maximum Gasteiger partial charge on any atom is 0.0246 e. The first-order chi connectivity index (χ1) is 8.38. The van der Waals surface area contributed by atoms with Crippen LogP contribution >= 0.6 is 0 Å². The van der Waals surface area contributed by atoms with E-state index in [-0.39, 0.29) is 0 Å². The highest BCUT2D eigenvalue weighted by Gasteiger charge is 2.32. The Morgan fingerprint density at radius 2 is 1.61 bits per heavy atom. The molecule has 2 unspecified atom stereocenters. The van der Waals surface area contributed by atoms with Crippen LogP contribution in [0.1, 0.15) is 66.2 Å². The highest BCUT2D eigenvalue weighted by atomic mass is 15.2. The molecule has 0 aromatic carbocycles. The molecular formula is C16H34N2. The molecule has 2 nitrogen and oxygen atoms in total.